The molecule has 0 spiro atoms. The lowest BCUT2D eigenvalue weighted by molar-refractivity contribution is 0.0730. The number of hydrogen-bond acceptors (Lipinski definition) is 4. The fourth-order valence-corrected chi connectivity index (χ4v) is 4.60. The summed E-state index contributed by atoms with van der Waals surface area (Å²) in [6.07, 6.45) is 3.66. The van der Waals surface area contributed by atoms with Crippen molar-refractivity contribution < 1.29 is 13.2 Å². The summed E-state index contributed by atoms with van der Waals surface area (Å²) in [5.74, 6) is 0. The monoisotopic (exact) mass is 395 g/mol. The smallest absolute Gasteiger partial charge is 0.243 e. The molecule has 4 rings (SSSR count). The van der Waals surface area contributed by atoms with E-state index in [4.69, 9.17) is 4.74 Å². The number of benzene rings is 2. The largest absolute Gasteiger partial charge is 0.379 e. The summed E-state index contributed by atoms with van der Waals surface area (Å²) in [6.45, 7) is 5.49. The molecular weight excluding hydrogens is 374 g/mol. The van der Waals surface area contributed by atoms with Crippen molar-refractivity contribution in [2.24, 2.45) is 0 Å². The first-order chi connectivity index (χ1) is 13.6. The molecule has 1 aliphatic heterocycles. The number of para-hydroxylation sites is 1. The molecule has 7 heteroatoms. The van der Waals surface area contributed by atoms with Crippen LogP contribution in [0.1, 0.15) is 5.56 Å². The Morgan fingerprint density at radius 1 is 1.00 bits per heavy atom. The van der Waals surface area contributed by atoms with Crippen molar-refractivity contribution >= 4 is 16.1 Å². The molecule has 1 aliphatic rings. The maximum Gasteiger partial charge on any atom is 0.243 e. The Bertz CT molecular complexity index is 1070. The molecule has 144 valence electrons. The van der Waals surface area contributed by atoms with Crippen LogP contribution in [0.5, 0.6) is 0 Å². The van der Waals surface area contributed by atoms with Crippen molar-refractivity contribution in [3.63, 3.8) is 0 Å². The quantitative estimate of drug-likeness (QED) is 0.666. The molecule has 0 saturated carbocycles. The summed E-state index contributed by atoms with van der Waals surface area (Å²) in [4.78, 5) is 0.279. The lowest BCUT2D eigenvalue weighted by Crippen LogP contribution is -2.40. The van der Waals surface area contributed by atoms with Crippen LogP contribution >= 0.6 is 0 Å². The summed E-state index contributed by atoms with van der Waals surface area (Å²) in [5.41, 5.74) is 3.43. The van der Waals surface area contributed by atoms with Crippen LogP contribution < -0.4 is 0 Å². The molecule has 1 saturated heterocycles. The standard InChI is InChI=1S/C21H21N3O3S/c1-2-17-16-24(19-6-4-3-5-7-19)22-21(17)18-8-10-20(11-9-18)28(25,26)23-12-14-27-15-13-23/h2-11,16H,1,12-15H2. The molecule has 0 N–H and O–H groups in total. The second kappa shape index (κ2) is 7.71. The Kier molecular flexibility index (Phi) is 5.13. The number of aromatic nitrogens is 2. The van der Waals surface area contributed by atoms with Gasteiger partial charge in [-0.25, -0.2) is 13.1 Å². The van der Waals surface area contributed by atoms with Crippen molar-refractivity contribution in [2.75, 3.05) is 26.3 Å². The molecular formula is C21H21N3O3S. The predicted molar refractivity (Wildman–Crippen MR) is 109 cm³/mol. The summed E-state index contributed by atoms with van der Waals surface area (Å²) in [6, 6.07) is 16.7. The van der Waals surface area contributed by atoms with E-state index in [-0.39, 0.29) is 4.90 Å². The highest BCUT2D eigenvalue weighted by Gasteiger charge is 2.26. The molecule has 0 amide bonds. The molecule has 0 bridgehead atoms. The van der Waals surface area contributed by atoms with E-state index in [0.717, 1.165) is 22.5 Å². The van der Waals surface area contributed by atoms with Crippen LogP contribution in [0.4, 0.5) is 0 Å². The number of morpholine rings is 1. The molecule has 28 heavy (non-hydrogen) atoms. The van der Waals surface area contributed by atoms with E-state index in [9.17, 15) is 8.42 Å². The van der Waals surface area contributed by atoms with Gasteiger partial charge in [0.1, 0.15) is 0 Å². The highest BCUT2D eigenvalue weighted by molar-refractivity contribution is 7.89. The van der Waals surface area contributed by atoms with Gasteiger partial charge in [-0.05, 0) is 24.3 Å². The van der Waals surface area contributed by atoms with Gasteiger partial charge in [-0.3, -0.25) is 0 Å². The first-order valence-electron chi connectivity index (χ1n) is 9.05. The molecule has 1 aromatic heterocycles. The number of sulfonamides is 1. The van der Waals surface area contributed by atoms with Gasteiger partial charge in [0.25, 0.3) is 0 Å². The van der Waals surface area contributed by atoms with Crippen LogP contribution in [-0.2, 0) is 14.8 Å². The summed E-state index contributed by atoms with van der Waals surface area (Å²) >= 11 is 0. The third-order valence-corrected chi connectivity index (χ3v) is 6.63. The van der Waals surface area contributed by atoms with Gasteiger partial charge in [0.05, 0.1) is 29.5 Å². The molecule has 0 aliphatic carbocycles. The van der Waals surface area contributed by atoms with Gasteiger partial charge in [-0.2, -0.15) is 9.40 Å². The Balaban J connectivity index is 1.66. The highest BCUT2D eigenvalue weighted by Crippen LogP contribution is 2.27. The van der Waals surface area contributed by atoms with Crippen molar-refractivity contribution in [1.29, 1.82) is 0 Å². The maximum atomic E-state index is 12.8. The normalized spacial score (nSPS) is 15.4. The average molecular weight is 395 g/mol. The van der Waals surface area contributed by atoms with Gasteiger partial charge in [-0.15, -0.1) is 0 Å². The minimum Gasteiger partial charge on any atom is -0.379 e. The summed E-state index contributed by atoms with van der Waals surface area (Å²) < 4.78 is 34.1. The second-order valence-corrected chi connectivity index (χ2v) is 8.40. The van der Waals surface area contributed by atoms with Crippen molar-refractivity contribution in [1.82, 2.24) is 14.1 Å². The lowest BCUT2D eigenvalue weighted by atomic mass is 10.1. The fourth-order valence-electron chi connectivity index (χ4n) is 3.19. The minimum atomic E-state index is -3.51. The highest BCUT2D eigenvalue weighted by atomic mass is 32.2. The molecule has 2 aromatic carbocycles. The van der Waals surface area contributed by atoms with Crippen LogP contribution in [0.3, 0.4) is 0 Å². The Morgan fingerprint density at radius 2 is 1.68 bits per heavy atom. The van der Waals surface area contributed by atoms with Crippen molar-refractivity contribution in [3.8, 4) is 16.9 Å². The van der Waals surface area contributed by atoms with Gasteiger partial charge in [0.15, 0.2) is 0 Å². The second-order valence-electron chi connectivity index (χ2n) is 6.46. The fraction of sp³-hybridized carbons (Fsp3) is 0.190. The number of rotatable bonds is 5. The molecule has 0 radical (unpaired) electrons. The number of hydrogen-bond donors (Lipinski definition) is 0. The SMILES string of the molecule is C=Cc1cn(-c2ccccc2)nc1-c1ccc(S(=O)(=O)N2CCOCC2)cc1. The lowest BCUT2D eigenvalue weighted by Gasteiger charge is -2.26. The average Bonchev–Trinajstić information content (AvgIpc) is 3.20. The van der Waals surface area contributed by atoms with Crippen LogP contribution in [0.25, 0.3) is 23.0 Å². The molecule has 3 aromatic rings. The van der Waals surface area contributed by atoms with E-state index in [1.807, 2.05) is 36.5 Å². The molecule has 1 fully saturated rings. The molecule has 0 unspecified atom stereocenters. The van der Waals surface area contributed by atoms with E-state index in [0.29, 0.717) is 26.3 Å². The number of nitrogens with zero attached hydrogens (tertiary/aromatic N) is 3. The van der Waals surface area contributed by atoms with Crippen LogP contribution in [0.15, 0.2) is 72.3 Å². The third kappa shape index (κ3) is 3.52. The van der Waals surface area contributed by atoms with Crippen molar-refractivity contribution in [2.45, 2.75) is 4.90 Å². The summed E-state index contributed by atoms with van der Waals surface area (Å²) in [7, 11) is -3.51. The van der Waals surface area contributed by atoms with E-state index >= 15 is 0 Å². The van der Waals surface area contributed by atoms with Gasteiger partial charge in [0.2, 0.25) is 10.0 Å². The predicted octanol–water partition coefficient (Wildman–Crippen LogP) is 3.20. The molecule has 6 nitrogen and oxygen atoms in total. The van der Waals surface area contributed by atoms with E-state index in [2.05, 4.69) is 11.7 Å². The minimum absolute atomic E-state index is 0.279. The van der Waals surface area contributed by atoms with Crippen molar-refractivity contribution in [3.05, 3.63) is 72.9 Å². The maximum absolute atomic E-state index is 12.8. The van der Waals surface area contributed by atoms with Gasteiger partial charge < -0.3 is 4.74 Å². The van der Waals surface area contributed by atoms with Crippen LogP contribution in [0, 0.1) is 0 Å². The zero-order valence-electron chi connectivity index (χ0n) is 15.4. The van der Waals surface area contributed by atoms with Gasteiger partial charge in [0, 0.05) is 30.4 Å². The summed E-state index contributed by atoms with van der Waals surface area (Å²) in [5, 5.41) is 4.67. The first kappa shape index (κ1) is 18.6. The zero-order valence-corrected chi connectivity index (χ0v) is 16.2. The zero-order chi connectivity index (χ0) is 19.6. The molecule has 0 atom stereocenters. The number of ether oxygens (including phenoxy) is 1. The van der Waals surface area contributed by atoms with E-state index in [1.54, 1.807) is 35.0 Å². The third-order valence-electron chi connectivity index (χ3n) is 4.72. The van der Waals surface area contributed by atoms with Crippen LogP contribution in [-0.4, -0.2) is 48.8 Å². The van der Waals surface area contributed by atoms with Gasteiger partial charge in [-0.1, -0.05) is 43.0 Å². The van der Waals surface area contributed by atoms with E-state index in [1.165, 1.54) is 4.31 Å². The first-order valence-corrected chi connectivity index (χ1v) is 10.5. The Labute approximate surface area is 164 Å². The van der Waals surface area contributed by atoms with Gasteiger partial charge >= 0.3 is 0 Å². The Morgan fingerprint density at radius 3 is 2.32 bits per heavy atom. The molecule has 2 heterocycles. The topological polar surface area (TPSA) is 64.4 Å². The Hall–Kier alpha value is -2.74. The van der Waals surface area contributed by atoms with E-state index < -0.39 is 10.0 Å². The van der Waals surface area contributed by atoms with Crippen LogP contribution in [0.2, 0.25) is 0 Å².